The maximum absolute atomic E-state index is 12.4. The van der Waals surface area contributed by atoms with Crippen LogP contribution in [0.5, 0.6) is 0 Å². The molecule has 0 bridgehead atoms. The molecule has 0 saturated carbocycles. The first-order chi connectivity index (χ1) is 12.1. The van der Waals surface area contributed by atoms with Crippen molar-refractivity contribution in [2.45, 2.75) is 19.4 Å². The van der Waals surface area contributed by atoms with E-state index < -0.39 is 0 Å². The number of nitrogens with zero attached hydrogens (tertiary/aromatic N) is 4. The molecule has 0 atom stereocenters. The van der Waals surface area contributed by atoms with E-state index in [4.69, 9.17) is 0 Å². The fourth-order valence-corrected chi connectivity index (χ4v) is 3.03. The minimum Gasteiger partial charge on any atom is -1.00 e. The van der Waals surface area contributed by atoms with Gasteiger partial charge in [-0.15, -0.1) is 0 Å². The van der Waals surface area contributed by atoms with Gasteiger partial charge in [-0.1, -0.05) is 30.3 Å². The summed E-state index contributed by atoms with van der Waals surface area (Å²) in [4.78, 5) is 28.5. The zero-order chi connectivity index (χ0) is 17.8. The van der Waals surface area contributed by atoms with Gasteiger partial charge < -0.3 is 22.3 Å². The van der Waals surface area contributed by atoms with Crippen molar-refractivity contribution in [3.05, 3.63) is 63.1 Å². The third-order valence-electron chi connectivity index (χ3n) is 4.50. The standard InChI is InChI=1S/C18H23N5O2.ClH/c1-21-16-15(17(24)22(2)18(21)25)23(13-20-16)12-6-10-19-11-9-14-7-4-3-5-8-14;/h3-5,7-8,13,19H,6,9-12H2,1-2H3;1H. The fourth-order valence-electron chi connectivity index (χ4n) is 3.03. The molecule has 8 heteroatoms. The van der Waals surface area contributed by atoms with Crippen LogP contribution in [0.1, 0.15) is 12.0 Å². The Labute approximate surface area is 157 Å². The second kappa shape index (κ2) is 8.82. The van der Waals surface area contributed by atoms with Crippen LogP contribution in [0.15, 0.2) is 46.2 Å². The summed E-state index contributed by atoms with van der Waals surface area (Å²) in [5, 5.41) is 2.29. The van der Waals surface area contributed by atoms with Crippen LogP contribution in [0, 0.1) is 0 Å². The molecule has 0 radical (unpaired) electrons. The first-order valence-corrected chi connectivity index (χ1v) is 8.56. The summed E-state index contributed by atoms with van der Waals surface area (Å²) in [6.45, 7) is 2.75. The Bertz CT molecular complexity index is 975. The minimum absolute atomic E-state index is 0. The molecule has 0 unspecified atom stereocenters. The highest BCUT2D eigenvalue weighted by Crippen LogP contribution is 2.05. The molecular weight excluding hydrogens is 354 g/mol. The Morgan fingerprint density at radius 2 is 1.77 bits per heavy atom. The average molecular weight is 378 g/mol. The Hall–Kier alpha value is -2.38. The van der Waals surface area contributed by atoms with E-state index in [1.807, 2.05) is 10.6 Å². The van der Waals surface area contributed by atoms with Crippen LogP contribution in [0.4, 0.5) is 0 Å². The largest absolute Gasteiger partial charge is 1.00 e. The van der Waals surface area contributed by atoms with E-state index in [9.17, 15) is 9.59 Å². The van der Waals surface area contributed by atoms with E-state index in [1.165, 1.54) is 17.2 Å². The van der Waals surface area contributed by atoms with E-state index in [0.717, 1.165) is 30.5 Å². The van der Waals surface area contributed by atoms with Crippen LogP contribution in [0.2, 0.25) is 0 Å². The number of rotatable bonds is 7. The van der Waals surface area contributed by atoms with E-state index in [1.54, 1.807) is 13.4 Å². The topological polar surface area (TPSA) is 78.4 Å². The van der Waals surface area contributed by atoms with Gasteiger partial charge in [0.05, 0.1) is 19.4 Å². The molecular formula is C18H24ClN5O2. The Kier molecular flexibility index (Phi) is 6.76. The first-order valence-electron chi connectivity index (χ1n) is 8.56. The molecule has 3 rings (SSSR count). The van der Waals surface area contributed by atoms with Crippen molar-refractivity contribution in [3.63, 3.8) is 0 Å². The predicted molar refractivity (Wildman–Crippen MR) is 96.6 cm³/mol. The molecule has 2 heterocycles. The predicted octanol–water partition coefficient (Wildman–Crippen LogP) is -3.37. The van der Waals surface area contributed by atoms with Gasteiger partial charge in [0.15, 0.2) is 11.2 Å². The third kappa shape index (κ3) is 4.05. The number of aryl methyl sites for hydroxylation is 2. The SMILES string of the molecule is Cn1c(=O)c2c(ncn2CCC[NH2+]CCc2ccccc2)n(C)c1=O.[Cl-]. The summed E-state index contributed by atoms with van der Waals surface area (Å²) in [6.07, 6.45) is 3.64. The number of imidazole rings is 1. The zero-order valence-corrected chi connectivity index (χ0v) is 15.8. The number of quaternary nitrogens is 1. The van der Waals surface area contributed by atoms with Crippen LogP contribution in [-0.2, 0) is 27.1 Å². The number of fused-ring (bicyclic) bond motifs is 1. The van der Waals surface area contributed by atoms with Crippen molar-refractivity contribution in [2.24, 2.45) is 14.1 Å². The Morgan fingerprint density at radius 3 is 2.50 bits per heavy atom. The van der Waals surface area contributed by atoms with Gasteiger partial charge in [-0.05, 0) is 5.56 Å². The van der Waals surface area contributed by atoms with Crippen molar-refractivity contribution < 1.29 is 17.7 Å². The molecule has 26 heavy (non-hydrogen) atoms. The van der Waals surface area contributed by atoms with Crippen molar-refractivity contribution in [1.29, 1.82) is 0 Å². The third-order valence-corrected chi connectivity index (χ3v) is 4.50. The lowest BCUT2D eigenvalue weighted by atomic mass is 10.1. The first kappa shape index (κ1) is 19.9. The second-order valence-corrected chi connectivity index (χ2v) is 6.27. The molecule has 0 aliphatic carbocycles. The summed E-state index contributed by atoms with van der Waals surface area (Å²) in [6, 6.07) is 10.4. The molecule has 1 aromatic carbocycles. The number of nitrogens with two attached hydrogens (primary N) is 1. The van der Waals surface area contributed by atoms with Crippen molar-refractivity contribution in [1.82, 2.24) is 18.7 Å². The van der Waals surface area contributed by atoms with E-state index in [-0.39, 0.29) is 23.7 Å². The molecule has 0 saturated heterocycles. The molecule has 2 aromatic heterocycles. The van der Waals surface area contributed by atoms with Crippen molar-refractivity contribution in [3.8, 4) is 0 Å². The maximum atomic E-state index is 12.4. The molecule has 0 amide bonds. The van der Waals surface area contributed by atoms with Crippen molar-refractivity contribution in [2.75, 3.05) is 13.1 Å². The number of halogens is 1. The number of hydrogen-bond acceptors (Lipinski definition) is 3. The number of hydrogen-bond donors (Lipinski definition) is 1. The molecule has 0 fully saturated rings. The van der Waals surface area contributed by atoms with Gasteiger partial charge in [0, 0.05) is 33.5 Å². The van der Waals surface area contributed by atoms with Gasteiger partial charge in [0.1, 0.15) is 0 Å². The van der Waals surface area contributed by atoms with Crippen LogP contribution >= 0.6 is 0 Å². The van der Waals surface area contributed by atoms with Crippen molar-refractivity contribution >= 4 is 11.2 Å². The average Bonchev–Trinajstić information content (AvgIpc) is 3.06. The molecule has 3 aromatic rings. The maximum Gasteiger partial charge on any atom is 0.332 e. The van der Waals surface area contributed by atoms with Crippen LogP contribution in [0.3, 0.4) is 0 Å². The van der Waals surface area contributed by atoms with Gasteiger partial charge in [0.25, 0.3) is 5.56 Å². The van der Waals surface area contributed by atoms with Gasteiger partial charge >= 0.3 is 5.69 Å². The van der Waals surface area contributed by atoms with E-state index in [0.29, 0.717) is 17.7 Å². The van der Waals surface area contributed by atoms with E-state index >= 15 is 0 Å². The smallest absolute Gasteiger partial charge is 0.332 e. The van der Waals surface area contributed by atoms with Gasteiger partial charge in [-0.3, -0.25) is 13.9 Å². The number of benzene rings is 1. The second-order valence-electron chi connectivity index (χ2n) is 6.27. The monoisotopic (exact) mass is 377 g/mol. The van der Waals surface area contributed by atoms with Gasteiger partial charge in [-0.25, -0.2) is 9.78 Å². The van der Waals surface area contributed by atoms with E-state index in [2.05, 4.69) is 34.6 Å². The lowest BCUT2D eigenvalue weighted by molar-refractivity contribution is -0.654. The zero-order valence-electron chi connectivity index (χ0n) is 15.1. The lowest BCUT2D eigenvalue weighted by Crippen LogP contribution is -3.00. The summed E-state index contributed by atoms with van der Waals surface area (Å²) in [7, 11) is 3.14. The summed E-state index contributed by atoms with van der Waals surface area (Å²) in [5.41, 5.74) is 1.65. The van der Waals surface area contributed by atoms with Gasteiger partial charge in [0.2, 0.25) is 0 Å². The van der Waals surface area contributed by atoms with Crippen LogP contribution < -0.4 is 29.0 Å². The fraction of sp³-hybridized carbons (Fsp3) is 0.389. The van der Waals surface area contributed by atoms with Crippen LogP contribution in [-0.4, -0.2) is 31.8 Å². The number of aromatic nitrogens is 4. The highest BCUT2D eigenvalue weighted by atomic mass is 35.5. The molecule has 0 aliphatic rings. The quantitative estimate of drug-likeness (QED) is 0.437. The molecule has 2 N–H and O–H groups in total. The summed E-state index contributed by atoms with van der Waals surface area (Å²) >= 11 is 0. The minimum atomic E-state index is -0.350. The summed E-state index contributed by atoms with van der Waals surface area (Å²) < 4.78 is 4.40. The highest BCUT2D eigenvalue weighted by Gasteiger charge is 2.13. The van der Waals surface area contributed by atoms with Gasteiger partial charge in [-0.2, -0.15) is 0 Å². The summed E-state index contributed by atoms with van der Waals surface area (Å²) in [5.74, 6) is 0. The van der Waals surface area contributed by atoms with Crippen LogP contribution in [0.25, 0.3) is 11.2 Å². The highest BCUT2D eigenvalue weighted by molar-refractivity contribution is 5.69. The molecule has 0 spiro atoms. The molecule has 140 valence electrons. The lowest BCUT2D eigenvalue weighted by Gasteiger charge is -2.06. The molecule has 7 nitrogen and oxygen atoms in total. The Balaban J connectivity index is 0.00000243. The molecule has 0 aliphatic heterocycles. The normalized spacial score (nSPS) is 10.8. The Morgan fingerprint density at radius 1 is 1.04 bits per heavy atom.